The number of hydrogen-bond acceptors (Lipinski definition) is 6. The topological polar surface area (TPSA) is 94.0 Å². The van der Waals surface area contributed by atoms with Gasteiger partial charge in [-0.15, -0.1) is 5.10 Å². The molecule has 2 N–H and O–H groups in total. The summed E-state index contributed by atoms with van der Waals surface area (Å²) >= 11 is 5.06. The lowest BCUT2D eigenvalue weighted by atomic mass is 9.87. The first-order chi connectivity index (χ1) is 12.3. The van der Waals surface area contributed by atoms with Crippen LogP contribution in [0.5, 0.6) is 5.75 Å². The lowest BCUT2D eigenvalue weighted by Crippen LogP contribution is -2.37. The van der Waals surface area contributed by atoms with Crippen LogP contribution < -0.4 is 15.4 Å². The Hall–Kier alpha value is -2.55. The van der Waals surface area contributed by atoms with Crippen molar-refractivity contribution in [2.75, 3.05) is 11.9 Å². The Morgan fingerprint density at radius 3 is 2.58 bits per heavy atom. The Morgan fingerprint density at radius 2 is 1.96 bits per heavy atom. The molecule has 0 unspecified atom stereocenters. The summed E-state index contributed by atoms with van der Waals surface area (Å²) in [4.78, 5) is 13.4. The number of thiocarbonyl (C=S) groups is 1. The van der Waals surface area contributed by atoms with E-state index in [-0.39, 0.29) is 29.0 Å². The van der Waals surface area contributed by atoms with Gasteiger partial charge in [0, 0.05) is 0 Å². The fourth-order valence-electron chi connectivity index (χ4n) is 2.08. The molecule has 0 aliphatic rings. The first-order valence-corrected chi connectivity index (χ1v) is 8.80. The zero-order valence-electron chi connectivity index (χ0n) is 15.4. The molecule has 0 saturated carbocycles. The highest BCUT2D eigenvalue weighted by atomic mass is 32.1. The third-order valence-electron chi connectivity index (χ3n) is 3.45. The first-order valence-electron chi connectivity index (χ1n) is 8.40. The number of benzene rings is 1. The highest BCUT2D eigenvalue weighted by Gasteiger charge is 2.13. The molecule has 1 aromatic heterocycles. The molecule has 0 aliphatic heterocycles. The minimum atomic E-state index is -0.372. The van der Waals surface area contributed by atoms with E-state index in [0.717, 1.165) is 6.42 Å². The average molecular weight is 376 g/mol. The third-order valence-corrected chi connectivity index (χ3v) is 3.65. The zero-order chi connectivity index (χ0) is 19.2. The van der Waals surface area contributed by atoms with Crippen molar-refractivity contribution in [1.29, 1.82) is 0 Å². The SMILES string of the molecule is CCCn1nnc(NC(=S)NC(=O)COc2ccc(C(C)(C)C)cc2)n1. The second-order valence-electron chi connectivity index (χ2n) is 6.77. The normalized spacial score (nSPS) is 11.1. The van der Waals surface area contributed by atoms with Crippen LogP contribution in [0.3, 0.4) is 0 Å². The molecule has 26 heavy (non-hydrogen) atoms. The molecule has 8 nitrogen and oxygen atoms in total. The fourth-order valence-corrected chi connectivity index (χ4v) is 2.29. The van der Waals surface area contributed by atoms with Crippen LogP contribution in [-0.2, 0) is 16.8 Å². The number of aromatic nitrogens is 4. The smallest absolute Gasteiger partial charge is 0.269 e. The molecule has 0 saturated heterocycles. The Labute approximate surface area is 158 Å². The molecule has 1 heterocycles. The molecule has 0 aliphatic carbocycles. The number of nitrogens with one attached hydrogen (secondary N) is 2. The largest absolute Gasteiger partial charge is 0.484 e. The minimum Gasteiger partial charge on any atom is -0.484 e. The summed E-state index contributed by atoms with van der Waals surface area (Å²) in [5, 5.41) is 17.1. The number of hydrogen-bond donors (Lipinski definition) is 2. The standard InChI is InChI=1S/C17H24N6O2S/c1-5-10-23-21-15(20-22-23)19-16(26)18-14(24)11-25-13-8-6-12(7-9-13)17(2,3)4/h6-9H,5,10-11H2,1-4H3,(H2,18,19,21,24,26). The molecule has 0 atom stereocenters. The summed E-state index contributed by atoms with van der Waals surface area (Å²) in [5.74, 6) is 0.488. The van der Waals surface area contributed by atoms with E-state index in [1.165, 1.54) is 10.4 Å². The molecule has 0 radical (unpaired) electrons. The van der Waals surface area contributed by atoms with Crippen molar-refractivity contribution in [3.8, 4) is 5.75 Å². The number of aryl methyl sites for hydroxylation is 1. The maximum Gasteiger partial charge on any atom is 0.269 e. The number of anilines is 1. The number of tetrazole rings is 1. The second-order valence-corrected chi connectivity index (χ2v) is 7.18. The first kappa shape index (κ1) is 19.8. The molecule has 0 fully saturated rings. The van der Waals surface area contributed by atoms with Gasteiger partial charge in [-0.05, 0) is 47.0 Å². The van der Waals surface area contributed by atoms with E-state index in [2.05, 4.69) is 46.8 Å². The van der Waals surface area contributed by atoms with Crippen LogP contribution in [0.15, 0.2) is 24.3 Å². The fraction of sp³-hybridized carbons (Fsp3) is 0.471. The van der Waals surface area contributed by atoms with Crippen LogP contribution in [0.4, 0.5) is 5.95 Å². The van der Waals surface area contributed by atoms with Crippen molar-refractivity contribution in [3.05, 3.63) is 29.8 Å². The summed E-state index contributed by atoms with van der Waals surface area (Å²) in [6, 6.07) is 7.68. The third kappa shape index (κ3) is 6.07. The van der Waals surface area contributed by atoms with Gasteiger partial charge in [-0.3, -0.25) is 15.4 Å². The number of rotatable bonds is 6. The molecule has 9 heteroatoms. The molecule has 140 valence electrons. The van der Waals surface area contributed by atoms with E-state index in [9.17, 15) is 4.79 Å². The van der Waals surface area contributed by atoms with Gasteiger partial charge in [0.15, 0.2) is 11.7 Å². The van der Waals surface area contributed by atoms with Crippen molar-refractivity contribution in [2.45, 2.75) is 46.1 Å². The van der Waals surface area contributed by atoms with Gasteiger partial charge in [-0.2, -0.15) is 4.80 Å². The van der Waals surface area contributed by atoms with Gasteiger partial charge >= 0.3 is 0 Å². The van der Waals surface area contributed by atoms with Gasteiger partial charge < -0.3 is 4.74 Å². The monoisotopic (exact) mass is 376 g/mol. The number of carbonyl (C=O) groups excluding carboxylic acids is 1. The summed E-state index contributed by atoms with van der Waals surface area (Å²) in [5.41, 5.74) is 1.27. The van der Waals surface area contributed by atoms with Gasteiger partial charge in [0.2, 0.25) is 0 Å². The second kappa shape index (κ2) is 8.70. The lowest BCUT2D eigenvalue weighted by molar-refractivity contribution is -0.121. The molecular weight excluding hydrogens is 352 g/mol. The molecule has 0 bridgehead atoms. The molecular formula is C17H24N6O2S. The van der Waals surface area contributed by atoms with Crippen molar-refractivity contribution in [3.63, 3.8) is 0 Å². The molecule has 2 rings (SSSR count). The van der Waals surface area contributed by atoms with Gasteiger partial charge in [-0.25, -0.2) is 0 Å². The van der Waals surface area contributed by atoms with Gasteiger partial charge in [0.05, 0.1) is 6.54 Å². The van der Waals surface area contributed by atoms with E-state index in [1.54, 1.807) is 0 Å². The lowest BCUT2D eigenvalue weighted by Gasteiger charge is -2.19. The van der Waals surface area contributed by atoms with Crippen molar-refractivity contribution >= 4 is 29.2 Å². The Kier molecular flexibility index (Phi) is 6.62. The van der Waals surface area contributed by atoms with Crippen molar-refractivity contribution in [2.24, 2.45) is 0 Å². The van der Waals surface area contributed by atoms with Gasteiger partial charge in [0.25, 0.3) is 11.9 Å². The van der Waals surface area contributed by atoms with Crippen LogP contribution in [0.1, 0.15) is 39.7 Å². The van der Waals surface area contributed by atoms with E-state index < -0.39 is 0 Å². The molecule has 2 aromatic rings. The maximum absolute atomic E-state index is 11.9. The Balaban J connectivity index is 1.78. The van der Waals surface area contributed by atoms with Crippen LogP contribution >= 0.6 is 12.2 Å². The van der Waals surface area contributed by atoms with E-state index in [0.29, 0.717) is 12.3 Å². The maximum atomic E-state index is 11.9. The van der Waals surface area contributed by atoms with E-state index in [4.69, 9.17) is 17.0 Å². The number of carbonyl (C=O) groups is 1. The number of amides is 1. The number of ether oxygens (including phenoxy) is 1. The predicted octanol–water partition coefficient (Wildman–Crippen LogP) is 2.27. The average Bonchev–Trinajstić information content (AvgIpc) is 2.99. The summed E-state index contributed by atoms with van der Waals surface area (Å²) in [7, 11) is 0. The van der Waals surface area contributed by atoms with E-state index in [1.807, 2.05) is 31.2 Å². The molecule has 1 amide bonds. The quantitative estimate of drug-likeness (QED) is 0.747. The van der Waals surface area contributed by atoms with Crippen LogP contribution in [0.2, 0.25) is 0 Å². The zero-order valence-corrected chi connectivity index (χ0v) is 16.3. The van der Waals surface area contributed by atoms with E-state index >= 15 is 0 Å². The van der Waals surface area contributed by atoms with Crippen LogP contribution in [-0.4, -0.2) is 37.8 Å². The molecule has 0 spiro atoms. The van der Waals surface area contributed by atoms with Gasteiger partial charge in [0.1, 0.15) is 5.75 Å². The Morgan fingerprint density at radius 1 is 1.27 bits per heavy atom. The predicted molar refractivity (Wildman–Crippen MR) is 103 cm³/mol. The van der Waals surface area contributed by atoms with Crippen LogP contribution in [0, 0.1) is 0 Å². The van der Waals surface area contributed by atoms with Crippen LogP contribution in [0.25, 0.3) is 0 Å². The summed E-state index contributed by atoms with van der Waals surface area (Å²) in [6.45, 7) is 8.94. The molecule has 1 aromatic carbocycles. The van der Waals surface area contributed by atoms with Crippen molar-refractivity contribution in [1.82, 2.24) is 25.5 Å². The highest BCUT2D eigenvalue weighted by molar-refractivity contribution is 7.80. The van der Waals surface area contributed by atoms with Crippen molar-refractivity contribution < 1.29 is 9.53 Å². The Bertz CT molecular complexity index is 751. The van der Waals surface area contributed by atoms with Gasteiger partial charge in [-0.1, -0.05) is 44.9 Å². The highest BCUT2D eigenvalue weighted by Crippen LogP contribution is 2.24. The summed E-state index contributed by atoms with van der Waals surface area (Å²) < 4.78 is 5.48. The minimum absolute atomic E-state index is 0.0702. The number of nitrogens with zero attached hydrogens (tertiary/aromatic N) is 4. The summed E-state index contributed by atoms with van der Waals surface area (Å²) in [6.07, 6.45) is 0.894.